The molecule has 0 N–H and O–H groups in total. The van der Waals surface area contributed by atoms with Crippen LogP contribution in [0.3, 0.4) is 0 Å². The summed E-state index contributed by atoms with van der Waals surface area (Å²) in [5.74, 6) is 0.642. The van der Waals surface area contributed by atoms with Gasteiger partial charge in [-0.05, 0) is 70.8 Å². The fourth-order valence-electron chi connectivity index (χ4n) is 8.17. The van der Waals surface area contributed by atoms with Gasteiger partial charge in [0.05, 0.1) is 22.4 Å². The highest BCUT2D eigenvalue weighted by molar-refractivity contribution is 6.14. The van der Waals surface area contributed by atoms with Gasteiger partial charge < -0.3 is 8.98 Å². The highest BCUT2D eigenvalue weighted by Gasteiger charge is 2.21. The van der Waals surface area contributed by atoms with Crippen LogP contribution < -0.4 is 0 Å². The molecule has 3 heterocycles. The Hall–Kier alpha value is -7.56. The van der Waals surface area contributed by atoms with Crippen LogP contribution in [-0.4, -0.2) is 14.5 Å². The number of para-hydroxylation sites is 2. The molecule has 0 aliphatic carbocycles. The van der Waals surface area contributed by atoms with Crippen molar-refractivity contribution in [1.29, 1.82) is 0 Å². The van der Waals surface area contributed by atoms with Crippen molar-refractivity contribution < 1.29 is 4.42 Å². The molecule has 11 aromatic rings. The number of rotatable bonds is 6. The number of nitrogens with zero attached hydrogens (tertiary/aromatic N) is 3. The minimum atomic E-state index is 0.642. The summed E-state index contributed by atoms with van der Waals surface area (Å²) >= 11 is 0. The molecule has 262 valence electrons. The lowest BCUT2D eigenvalue weighted by Gasteiger charge is -2.12. The monoisotopic (exact) mass is 715 g/mol. The zero-order chi connectivity index (χ0) is 37.0. The van der Waals surface area contributed by atoms with Gasteiger partial charge in [-0.2, -0.15) is 0 Å². The molecule has 0 fully saturated rings. The first-order chi connectivity index (χ1) is 27.7. The lowest BCUT2D eigenvalue weighted by atomic mass is 9.97. The van der Waals surface area contributed by atoms with Crippen LogP contribution in [0.15, 0.2) is 205 Å². The summed E-state index contributed by atoms with van der Waals surface area (Å²) in [6.07, 6.45) is 0. The van der Waals surface area contributed by atoms with Crippen LogP contribution >= 0.6 is 0 Å². The predicted octanol–water partition coefficient (Wildman–Crippen LogP) is 13.8. The van der Waals surface area contributed by atoms with E-state index in [-0.39, 0.29) is 0 Å². The van der Waals surface area contributed by atoms with Crippen LogP contribution in [0.5, 0.6) is 0 Å². The molecule has 0 radical (unpaired) electrons. The molecule has 0 amide bonds. The summed E-state index contributed by atoms with van der Waals surface area (Å²) < 4.78 is 9.19. The van der Waals surface area contributed by atoms with Gasteiger partial charge in [0.15, 0.2) is 5.82 Å². The van der Waals surface area contributed by atoms with Gasteiger partial charge >= 0.3 is 0 Å². The number of hydrogen-bond acceptors (Lipinski definition) is 3. The lowest BCUT2D eigenvalue weighted by molar-refractivity contribution is 0.669. The van der Waals surface area contributed by atoms with Crippen LogP contribution in [0.1, 0.15) is 0 Å². The fraction of sp³-hybridized carbons (Fsp3) is 0. The smallest absolute Gasteiger partial charge is 0.161 e. The Balaban J connectivity index is 1.16. The van der Waals surface area contributed by atoms with Crippen LogP contribution in [0.25, 0.3) is 106 Å². The molecule has 56 heavy (non-hydrogen) atoms. The zero-order valence-corrected chi connectivity index (χ0v) is 30.3. The summed E-state index contributed by atoms with van der Waals surface area (Å²) in [5.41, 5.74) is 14.1. The second-order valence-electron chi connectivity index (χ2n) is 14.2. The topological polar surface area (TPSA) is 43.9 Å². The van der Waals surface area contributed by atoms with Gasteiger partial charge in [-0.3, -0.25) is 0 Å². The molecule has 0 saturated carbocycles. The van der Waals surface area contributed by atoms with E-state index in [1.165, 1.54) is 10.8 Å². The number of furan rings is 1. The molecule has 0 unspecified atom stereocenters. The second-order valence-corrected chi connectivity index (χ2v) is 14.2. The van der Waals surface area contributed by atoms with E-state index >= 15 is 0 Å². The van der Waals surface area contributed by atoms with Crippen molar-refractivity contribution in [2.75, 3.05) is 0 Å². The number of hydrogen-bond donors (Lipinski definition) is 0. The van der Waals surface area contributed by atoms with Gasteiger partial charge in [0.25, 0.3) is 0 Å². The number of fused-ring (bicyclic) bond motifs is 6. The molecule has 4 nitrogen and oxygen atoms in total. The maximum Gasteiger partial charge on any atom is 0.161 e. The molecular weight excluding hydrogens is 683 g/mol. The number of aromatic nitrogens is 3. The second kappa shape index (κ2) is 13.1. The third-order valence-electron chi connectivity index (χ3n) is 10.8. The van der Waals surface area contributed by atoms with Crippen molar-refractivity contribution in [3.8, 4) is 61.8 Å². The van der Waals surface area contributed by atoms with Crippen LogP contribution in [-0.2, 0) is 0 Å². The predicted molar refractivity (Wildman–Crippen MR) is 231 cm³/mol. The Bertz CT molecular complexity index is 3180. The van der Waals surface area contributed by atoms with Crippen molar-refractivity contribution >= 4 is 43.7 Å². The Kier molecular flexibility index (Phi) is 7.46. The molecule has 0 aliphatic heterocycles. The maximum atomic E-state index is 6.87. The Labute approximate surface area is 323 Å². The van der Waals surface area contributed by atoms with Crippen molar-refractivity contribution in [3.05, 3.63) is 200 Å². The average Bonchev–Trinajstić information content (AvgIpc) is 3.82. The zero-order valence-electron chi connectivity index (χ0n) is 30.3. The fourth-order valence-corrected chi connectivity index (χ4v) is 8.17. The summed E-state index contributed by atoms with van der Waals surface area (Å²) in [6.45, 7) is 0. The van der Waals surface area contributed by atoms with E-state index in [1.54, 1.807) is 0 Å². The summed E-state index contributed by atoms with van der Waals surface area (Å²) in [5, 5.41) is 4.45. The van der Waals surface area contributed by atoms with Gasteiger partial charge in [0.1, 0.15) is 11.2 Å². The first-order valence-electron chi connectivity index (χ1n) is 18.9. The molecule has 3 aromatic heterocycles. The average molecular weight is 716 g/mol. The van der Waals surface area contributed by atoms with Crippen LogP contribution in [0.4, 0.5) is 0 Å². The van der Waals surface area contributed by atoms with E-state index in [0.717, 1.165) is 89.0 Å². The Morgan fingerprint density at radius 1 is 0.357 bits per heavy atom. The summed E-state index contributed by atoms with van der Waals surface area (Å²) in [6, 6.07) is 70.1. The molecule has 0 bridgehead atoms. The lowest BCUT2D eigenvalue weighted by Crippen LogP contribution is -1.97. The molecule has 4 heteroatoms. The molecule has 11 rings (SSSR count). The van der Waals surface area contributed by atoms with E-state index in [4.69, 9.17) is 14.4 Å². The van der Waals surface area contributed by atoms with Gasteiger partial charge in [-0.15, -0.1) is 0 Å². The molecule has 0 aliphatic rings. The third kappa shape index (κ3) is 5.39. The van der Waals surface area contributed by atoms with Gasteiger partial charge in [-0.25, -0.2) is 9.97 Å². The van der Waals surface area contributed by atoms with Crippen molar-refractivity contribution in [2.45, 2.75) is 0 Å². The highest BCUT2D eigenvalue weighted by Crippen LogP contribution is 2.42. The van der Waals surface area contributed by atoms with E-state index < -0.39 is 0 Å². The maximum absolute atomic E-state index is 6.87. The van der Waals surface area contributed by atoms with E-state index in [9.17, 15) is 0 Å². The quantitative estimate of drug-likeness (QED) is 0.172. The van der Waals surface area contributed by atoms with Crippen LogP contribution in [0, 0.1) is 0 Å². The molecule has 0 saturated heterocycles. The summed E-state index contributed by atoms with van der Waals surface area (Å²) in [7, 11) is 0. The van der Waals surface area contributed by atoms with Gasteiger partial charge in [0.2, 0.25) is 0 Å². The first kappa shape index (κ1) is 31.9. The van der Waals surface area contributed by atoms with Gasteiger partial charge in [0, 0.05) is 50.0 Å². The minimum absolute atomic E-state index is 0.642. The molecule has 8 aromatic carbocycles. The normalized spacial score (nSPS) is 11.6. The Morgan fingerprint density at radius 2 is 0.911 bits per heavy atom. The first-order valence-corrected chi connectivity index (χ1v) is 18.9. The van der Waals surface area contributed by atoms with Crippen molar-refractivity contribution in [3.63, 3.8) is 0 Å². The molecular formula is C52H33N3O. The molecule has 0 spiro atoms. The van der Waals surface area contributed by atoms with Crippen LogP contribution in [0.2, 0.25) is 0 Å². The standard InChI is InChI=1S/C52H33N3O/c1-4-15-34(16-5-1)37-21-14-22-38(29-37)46-33-45(36-19-8-3-9-20-36)53-52(54-46)44-30-39(35-17-6-2-7-18-35)31-50-51(44)43-28-27-40(32-49(43)56-50)55-47-25-12-10-23-41(47)42-24-11-13-26-48(42)55/h1-33H. The SMILES string of the molecule is c1ccc(-c2cccc(-c3cc(-c4ccccc4)nc(-c4cc(-c5ccccc5)cc5oc6cc(-n7c8ccccc8c8ccccc87)ccc6c45)n3)c2)cc1. The third-order valence-corrected chi connectivity index (χ3v) is 10.8. The van der Waals surface area contributed by atoms with Crippen molar-refractivity contribution in [1.82, 2.24) is 14.5 Å². The van der Waals surface area contributed by atoms with E-state index in [2.05, 4.69) is 187 Å². The van der Waals surface area contributed by atoms with E-state index in [1.807, 2.05) is 18.2 Å². The Morgan fingerprint density at radius 3 is 1.59 bits per heavy atom. The highest BCUT2D eigenvalue weighted by atomic mass is 16.3. The van der Waals surface area contributed by atoms with Gasteiger partial charge in [-0.1, -0.05) is 146 Å². The van der Waals surface area contributed by atoms with Crippen molar-refractivity contribution in [2.24, 2.45) is 0 Å². The number of benzene rings is 8. The molecule has 0 atom stereocenters. The summed E-state index contributed by atoms with van der Waals surface area (Å²) in [4.78, 5) is 10.7. The van der Waals surface area contributed by atoms with E-state index in [0.29, 0.717) is 5.82 Å². The minimum Gasteiger partial charge on any atom is -0.456 e. The largest absolute Gasteiger partial charge is 0.456 e.